The summed E-state index contributed by atoms with van der Waals surface area (Å²) in [5, 5.41) is 0. The summed E-state index contributed by atoms with van der Waals surface area (Å²) in [5.74, 6) is -0.940. The Balaban J connectivity index is 1.47. The Labute approximate surface area is 189 Å². The molecule has 0 saturated carbocycles. The Morgan fingerprint density at radius 3 is 2.50 bits per heavy atom. The van der Waals surface area contributed by atoms with Crippen molar-refractivity contribution in [3.63, 3.8) is 0 Å². The highest BCUT2D eigenvalue weighted by molar-refractivity contribution is 7.92. The van der Waals surface area contributed by atoms with Gasteiger partial charge in [-0.2, -0.15) is 0 Å². The van der Waals surface area contributed by atoms with E-state index in [1.54, 1.807) is 11.0 Å². The van der Waals surface area contributed by atoms with Crippen LogP contribution in [-0.4, -0.2) is 50.4 Å². The van der Waals surface area contributed by atoms with Crippen molar-refractivity contribution in [2.75, 3.05) is 17.5 Å². The van der Waals surface area contributed by atoms with Crippen molar-refractivity contribution in [2.24, 2.45) is 0 Å². The average molecular weight is 457 g/mol. The summed E-state index contributed by atoms with van der Waals surface area (Å²) in [7, 11) is -3.82. The first-order chi connectivity index (χ1) is 15.3. The van der Waals surface area contributed by atoms with Crippen LogP contribution in [0.25, 0.3) is 0 Å². The first kappa shape index (κ1) is 22.3. The van der Waals surface area contributed by atoms with E-state index in [2.05, 4.69) is 0 Å². The number of carbonyl (C=O) groups is 2. The number of amides is 1. The molecular formula is C24H28N2O5S. The number of likely N-dealkylation sites (tertiary alicyclic amines) is 1. The van der Waals surface area contributed by atoms with E-state index < -0.39 is 16.0 Å². The first-order valence-electron chi connectivity index (χ1n) is 11.0. The third kappa shape index (κ3) is 4.24. The molecule has 2 aliphatic rings. The number of piperidine rings is 1. The summed E-state index contributed by atoms with van der Waals surface area (Å²) in [6.07, 6.45) is 3.59. The molecule has 0 aromatic heterocycles. The van der Waals surface area contributed by atoms with Gasteiger partial charge in [0, 0.05) is 18.6 Å². The van der Waals surface area contributed by atoms with E-state index in [1.165, 1.54) is 28.6 Å². The highest BCUT2D eigenvalue weighted by atomic mass is 32.2. The predicted octanol–water partition coefficient (Wildman–Crippen LogP) is 3.38. The smallest absolute Gasteiger partial charge is 0.338 e. The van der Waals surface area contributed by atoms with Crippen LogP contribution in [0, 0.1) is 0 Å². The highest BCUT2D eigenvalue weighted by Crippen LogP contribution is 2.32. The van der Waals surface area contributed by atoms with Crippen molar-refractivity contribution < 1.29 is 22.7 Å². The van der Waals surface area contributed by atoms with E-state index in [9.17, 15) is 18.0 Å². The van der Waals surface area contributed by atoms with Crippen LogP contribution in [0.5, 0.6) is 0 Å². The van der Waals surface area contributed by atoms with Crippen molar-refractivity contribution in [1.82, 2.24) is 4.90 Å². The molecule has 32 heavy (non-hydrogen) atoms. The number of para-hydroxylation sites is 1. The number of benzene rings is 2. The molecule has 1 saturated heterocycles. The molecule has 0 aliphatic carbocycles. The third-order valence-electron chi connectivity index (χ3n) is 6.31. The lowest BCUT2D eigenvalue weighted by atomic mass is 9.97. The predicted molar refractivity (Wildman–Crippen MR) is 121 cm³/mol. The van der Waals surface area contributed by atoms with Crippen LogP contribution < -0.4 is 4.31 Å². The highest BCUT2D eigenvalue weighted by Gasteiger charge is 2.32. The number of esters is 1. The molecule has 0 bridgehead atoms. The van der Waals surface area contributed by atoms with Crippen molar-refractivity contribution in [1.29, 1.82) is 0 Å². The van der Waals surface area contributed by atoms with Crippen LogP contribution in [-0.2, 0) is 26.0 Å². The van der Waals surface area contributed by atoms with Gasteiger partial charge < -0.3 is 9.64 Å². The number of fused-ring (bicyclic) bond motifs is 1. The summed E-state index contributed by atoms with van der Waals surface area (Å²) in [6, 6.07) is 13.4. The molecule has 2 aromatic carbocycles. The molecule has 2 aromatic rings. The lowest BCUT2D eigenvalue weighted by Crippen LogP contribution is -2.49. The summed E-state index contributed by atoms with van der Waals surface area (Å²) in [6.45, 7) is 4.00. The van der Waals surface area contributed by atoms with E-state index in [0.29, 0.717) is 18.7 Å². The Morgan fingerprint density at radius 1 is 1.03 bits per heavy atom. The first-order valence-corrected chi connectivity index (χ1v) is 12.4. The number of hydrogen-bond acceptors (Lipinski definition) is 5. The fourth-order valence-electron chi connectivity index (χ4n) is 4.67. The second-order valence-electron chi connectivity index (χ2n) is 8.49. The molecule has 0 N–H and O–H groups in total. The molecule has 8 heteroatoms. The van der Waals surface area contributed by atoms with Gasteiger partial charge in [-0.1, -0.05) is 24.3 Å². The Bertz CT molecular complexity index is 1120. The summed E-state index contributed by atoms with van der Waals surface area (Å²) < 4.78 is 33.1. The summed E-state index contributed by atoms with van der Waals surface area (Å²) in [4.78, 5) is 27.0. The maximum Gasteiger partial charge on any atom is 0.338 e. The maximum atomic E-state index is 13.2. The van der Waals surface area contributed by atoms with Crippen LogP contribution in [0.2, 0.25) is 0 Å². The molecule has 2 atom stereocenters. The molecule has 0 spiro atoms. The number of nitrogens with zero attached hydrogens (tertiary/aromatic N) is 2. The molecule has 2 heterocycles. The number of rotatable bonds is 5. The standard InChI is InChI=1S/C24H28N2O5S/c1-17-7-5-8-18(2)26(17)23(27)16-31-24(28)20-10-6-11-21(15-20)32(29,30)25-14-13-19-9-3-4-12-22(19)25/h3-4,6,9-12,15,17-18H,5,7-8,13-14,16H2,1-2H3/t17-,18-/m0/s1. The van der Waals surface area contributed by atoms with Crippen LogP contribution in [0.15, 0.2) is 53.4 Å². The van der Waals surface area contributed by atoms with Gasteiger partial charge in [-0.05, 0) is 69.4 Å². The number of hydrogen-bond donors (Lipinski definition) is 0. The van der Waals surface area contributed by atoms with Gasteiger partial charge in [0.05, 0.1) is 16.1 Å². The Hall–Kier alpha value is -2.87. The molecule has 170 valence electrons. The van der Waals surface area contributed by atoms with E-state index in [-0.39, 0.29) is 35.1 Å². The van der Waals surface area contributed by atoms with Crippen molar-refractivity contribution in [3.05, 3.63) is 59.7 Å². The molecule has 2 aliphatic heterocycles. The van der Waals surface area contributed by atoms with Crippen molar-refractivity contribution in [2.45, 2.75) is 56.5 Å². The minimum Gasteiger partial charge on any atom is -0.452 e. The largest absolute Gasteiger partial charge is 0.452 e. The molecule has 0 unspecified atom stereocenters. The zero-order chi connectivity index (χ0) is 22.9. The van der Waals surface area contributed by atoms with Crippen molar-refractivity contribution in [3.8, 4) is 0 Å². The monoisotopic (exact) mass is 456 g/mol. The van der Waals surface area contributed by atoms with Gasteiger partial charge in [-0.3, -0.25) is 9.10 Å². The van der Waals surface area contributed by atoms with Gasteiger partial charge in [0.15, 0.2) is 6.61 Å². The van der Waals surface area contributed by atoms with Gasteiger partial charge in [-0.15, -0.1) is 0 Å². The molecule has 4 rings (SSSR count). The van der Waals surface area contributed by atoms with Crippen molar-refractivity contribution >= 4 is 27.6 Å². The maximum absolute atomic E-state index is 13.2. The quantitative estimate of drug-likeness (QED) is 0.644. The number of carbonyl (C=O) groups excluding carboxylic acids is 2. The van der Waals surface area contributed by atoms with E-state index >= 15 is 0 Å². The third-order valence-corrected chi connectivity index (χ3v) is 8.12. The second-order valence-corrected chi connectivity index (χ2v) is 10.4. The number of sulfonamides is 1. The zero-order valence-electron chi connectivity index (χ0n) is 18.4. The van der Waals surface area contributed by atoms with Gasteiger partial charge in [0.25, 0.3) is 15.9 Å². The van der Waals surface area contributed by atoms with Crippen LogP contribution in [0.4, 0.5) is 5.69 Å². The van der Waals surface area contributed by atoms with E-state index in [1.807, 2.05) is 32.0 Å². The molecule has 1 amide bonds. The average Bonchev–Trinajstić information content (AvgIpc) is 3.22. The lowest BCUT2D eigenvalue weighted by Gasteiger charge is -2.38. The fraction of sp³-hybridized carbons (Fsp3) is 0.417. The normalized spacial score (nSPS) is 20.7. The molecule has 7 nitrogen and oxygen atoms in total. The van der Waals surface area contributed by atoms with Crippen LogP contribution in [0.3, 0.4) is 0 Å². The minimum atomic E-state index is -3.82. The van der Waals surface area contributed by atoms with E-state index in [4.69, 9.17) is 4.74 Å². The van der Waals surface area contributed by atoms with Gasteiger partial charge in [-0.25, -0.2) is 13.2 Å². The molecule has 0 radical (unpaired) electrons. The Kier molecular flexibility index (Phi) is 6.24. The number of anilines is 1. The fourth-order valence-corrected chi connectivity index (χ4v) is 6.22. The van der Waals surface area contributed by atoms with Crippen LogP contribution in [0.1, 0.15) is 49.0 Å². The summed E-state index contributed by atoms with van der Waals surface area (Å²) in [5.41, 5.74) is 1.74. The van der Waals surface area contributed by atoms with Gasteiger partial charge in [0.1, 0.15) is 0 Å². The van der Waals surface area contributed by atoms with Gasteiger partial charge >= 0.3 is 5.97 Å². The minimum absolute atomic E-state index is 0.0215. The van der Waals surface area contributed by atoms with Gasteiger partial charge in [0.2, 0.25) is 0 Å². The number of ether oxygens (including phenoxy) is 1. The topological polar surface area (TPSA) is 84.0 Å². The molecule has 1 fully saturated rings. The Morgan fingerprint density at radius 2 is 1.75 bits per heavy atom. The summed E-state index contributed by atoms with van der Waals surface area (Å²) >= 11 is 0. The lowest BCUT2D eigenvalue weighted by molar-refractivity contribution is -0.140. The SMILES string of the molecule is C[C@H]1CCC[C@H](C)N1C(=O)COC(=O)c1cccc(S(=O)(=O)N2CCc3ccccc32)c1. The second kappa shape index (κ2) is 8.94. The van der Waals surface area contributed by atoms with E-state index in [0.717, 1.165) is 24.8 Å². The van der Waals surface area contributed by atoms with Crippen LogP contribution >= 0.6 is 0 Å². The molecular weight excluding hydrogens is 428 g/mol. The zero-order valence-corrected chi connectivity index (χ0v) is 19.2.